The molecule has 0 aromatic heterocycles. The lowest BCUT2D eigenvalue weighted by Gasteiger charge is -2.12. The Morgan fingerprint density at radius 1 is 1.33 bits per heavy atom. The van der Waals surface area contributed by atoms with Gasteiger partial charge in [-0.1, -0.05) is 15.9 Å². The van der Waals surface area contributed by atoms with E-state index in [2.05, 4.69) is 15.9 Å². The summed E-state index contributed by atoms with van der Waals surface area (Å²) in [6.45, 7) is 0.668. The van der Waals surface area contributed by atoms with Crippen LogP contribution < -0.4 is 20.9 Å². The Hall–Kier alpha value is -0.490. The zero-order valence-electron chi connectivity index (χ0n) is 7.90. The lowest BCUT2D eigenvalue weighted by atomic mass is 10.1. The number of fused-ring (bicyclic) bond motifs is 1. The Balaban J connectivity index is 0.00000112. The summed E-state index contributed by atoms with van der Waals surface area (Å²) in [5.74, 6) is 1.47. The molecular weight excluding hydrogens is 283 g/mol. The number of nitrogens with two attached hydrogens (primary N) is 2. The first-order chi connectivity index (χ1) is 6.72. The Bertz CT molecular complexity index is 362. The van der Waals surface area contributed by atoms with E-state index in [1.54, 1.807) is 0 Å². The van der Waals surface area contributed by atoms with Crippen molar-refractivity contribution >= 4 is 28.3 Å². The van der Waals surface area contributed by atoms with Crippen LogP contribution in [0.5, 0.6) is 11.5 Å². The number of ether oxygens (including phenoxy) is 2. The van der Waals surface area contributed by atoms with Gasteiger partial charge in [-0.3, -0.25) is 0 Å². The largest absolute Gasteiger partial charge is 0.454 e. The second kappa shape index (κ2) is 5.03. The molecule has 1 aliphatic heterocycles. The molecule has 0 aliphatic carbocycles. The van der Waals surface area contributed by atoms with E-state index in [0.717, 1.165) is 21.5 Å². The van der Waals surface area contributed by atoms with Crippen molar-refractivity contribution in [2.75, 3.05) is 13.3 Å². The van der Waals surface area contributed by atoms with Crippen LogP contribution in [-0.4, -0.2) is 13.3 Å². The summed E-state index contributed by atoms with van der Waals surface area (Å²) in [5.41, 5.74) is 12.3. The molecule has 1 atom stereocenters. The highest BCUT2D eigenvalue weighted by Gasteiger charge is 2.18. The first-order valence-electron chi connectivity index (χ1n) is 4.27. The molecule has 0 fully saturated rings. The smallest absolute Gasteiger partial charge is 0.231 e. The molecule has 0 amide bonds. The van der Waals surface area contributed by atoms with E-state index in [9.17, 15) is 0 Å². The molecule has 0 radical (unpaired) electrons. The van der Waals surface area contributed by atoms with Gasteiger partial charge < -0.3 is 20.9 Å². The first kappa shape index (κ1) is 12.6. The van der Waals surface area contributed by atoms with Gasteiger partial charge in [0.05, 0.1) is 0 Å². The van der Waals surface area contributed by atoms with Crippen molar-refractivity contribution in [3.63, 3.8) is 0 Å². The van der Waals surface area contributed by atoms with Gasteiger partial charge >= 0.3 is 0 Å². The fourth-order valence-electron chi connectivity index (χ4n) is 1.34. The van der Waals surface area contributed by atoms with Crippen molar-refractivity contribution in [2.45, 2.75) is 6.04 Å². The van der Waals surface area contributed by atoms with E-state index in [1.165, 1.54) is 0 Å². The van der Waals surface area contributed by atoms with Crippen LogP contribution in [0.3, 0.4) is 0 Å². The summed E-state index contributed by atoms with van der Waals surface area (Å²) in [4.78, 5) is 0. The summed E-state index contributed by atoms with van der Waals surface area (Å²) in [7, 11) is 0. The van der Waals surface area contributed by atoms with E-state index in [4.69, 9.17) is 20.9 Å². The van der Waals surface area contributed by atoms with E-state index in [0.29, 0.717) is 6.54 Å². The molecule has 15 heavy (non-hydrogen) atoms. The first-order valence-corrected chi connectivity index (χ1v) is 5.06. The highest BCUT2D eigenvalue weighted by molar-refractivity contribution is 9.10. The van der Waals surface area contributed by atoms with Gasteiger partial charge in [-0.2, -0.15) is 0 Å². The van der Waals surface area contributed by atoms with Crippen LogP contribution in [0.25, 0.3) is 0 Å². The molecule has 4 N–H and O–H groups in total. The van der Waals surface area contributed by atoms with Gasteiger partial charge in [-0.25, -0.2) is 0 Å². The minimum absolute atomic E-state index is 0. The second-order valence-electron chi connectivity index (χ2n) is 3.07. The second-order valence-corrected chi connectivity index (χ2v) is 3.92. The van der Waals surface area contributed by atoms with Crippen LogP contribution in [0.15, 0.2) is 16.6 Å². The average Bonchev–Trinajstić information content (AvgIpc) is 2.62. The van der Waals surface area contributed by atoms with Crippen LogP contribution in [0.4, 0.5) is 0 Å². The Morgan fingerprint density at radius 3 is 2.53 bits per heavy atom. The van der Waals surface area contributed by atoms with Crippen molar-refractivity contribution in [1.82, 2.24) is 0 Å². The zero-order valence-corrected chi connectivity index (χ0v) is 10.3. The summed E-state index contributed by atoms with van der Waals surface area (Å²) in [5, 5.41) is 0. The molecule has 1 aromatic carbocycles. The standard InChI is InChI=1S/C9H11BrN2O2.ClH/c10-6-2-9-8(13-4-14-9)1-5(6)7(12)3-11;/h1-2,7H,3-4,11-12H2;1H/t7-;/m1./s1. The van der Waals surface area contributed by atoms with Gasteiger partial charge in [0.1, 0.15) is 0 Å². The zero-order chi connectivity index (χ0) is 10.1. The van der Waals surface area contributed by atoms with Crippen molar-refractivity contribution < 1.29 is 9.47 Å². The fourth-order valence-corrected chi connectivity index (χ4v) is 1.96. The fraction of sp³-hybridized carbons (Fsp3) is 0.333. The minimum Gasteiger partial charge on any atom is -0.454 e. The van der Waals surface area contributed by atoms with Crippen molar-refractivity contribution in [1.29, 1.82) is 0 Å². The SMILES string of the molecule is Cl.NC[C@@H](N)c1cc2c(cc1Br)OCO2. The lowest BCUT2D eigenvalue weighted by Crippen LogP contribution is -2.21. The third-order valence-corrected chi connectivity index (χ3v) is 2.83. The maximum Gasteiger partial charge on any atom is 0.231 e. The summed E-state index contributed by atoms with van der Waals surface area (Å²) in [6.07, 6.45) is 0. The number of hydrogen-bond donors (Lipinski definition) is 2. The van der Waals surface area contributed by atoms with Gasteiger partial charge in [0.25, 0.3) is 0 Å². The molecule has 0 bridgehead atoms. The average molecular weight is 296 g/mol. The monoisotopic (exact) mass is 294 g/mol. The maximum atomic E-state index is 5.84. The highest BCUT2D eigenvalue weighted by Crippen LogP contribution is 2.38. The molecule has 1 aliphatic rings. The van der Waals surface area contributed by atoms with Gasteiger partial charge in [0.2, 0.25) is 6.79 Å². The van der Waals surface area contributed by atoms with E-state index in [-0.39, 0.29) is 25.2 Å². The van der Waals surface area contributed by atoms with Gasteiger partial charge in [-0.15, -0.1) is 12.4 Å². The van der Waals surface area contributed by atoms with Crippen LogP contribution >= 0.6 is 28.3 Å². The Kier molecular flexibility index (Phi) is 4.21. The molecule has 0 spiro atoms. The van der Waals surface area contributed by atoms with E-state index < -0.39 is 0 Å². The van der Waals surface area contributed by atoms with E-state index >= 15 is 0 Å². The molecule has 1 aromatic rings. The number of hydrogen-bond acceptors (Lipinski definition) is 4. The number of rotatable bonds is 2. The lowest BCUT2D eigenvalue weighted by molar-refractivity contribution is 0.174. The predicted octanol–water partition coefficient (Wildman–Crippen LogP) is 1.56. The summed E-state index contributed by atoms with van der Waals surface area (Å²) < 4.78 is 11.4. The quantitative estimate of drug-likeness (QED) is 0.868. The molecule has 0 saturated carbocycles. The maximum absolute atomic E-state index is 5.84. The number of benzene rings is 1. The van der Waals surface area contributed by atoms with Crippen LogP contribution in [-0.2, 0) is 0 Å². The van der Waals surface area contributed by atoms with E-state index in [1.807, 2.05) is 12.1 Å². The third-order valence-electron chi connectivity index (χ3n) is 2.15. The minimum atomic E-state index is -0.182. The molecule has 6 heteroatoms. The van der Waals surface area contributed by atoms with Crippen molar-refractivity contribution in [2.24, 2.45) is 11.5 Å². The highest BCUT2D eigenvalue weighted by atomic mass is 79.9. The molecule has 4 nitrogen and oxygen atoms in total. The Morgan fingerprint density at radius 2 is 1.93 bits per heavy atom. The van der Waals surface area contributed by atoms with Crippen molar-refractivity contribution in [3.05, 3.63) is 22.2 Å². The molecule has 1 heterocycles. The van der Waals surface area contributed by atoms with Gasteiger partial charge in [-0.05, 0) is 17.7 Å². The number of halogens is 2. The summed E-state index contributed by atoms with van der Waals surface area (Å²) >= 11 is 3.42. The predicted molar refractivity (Wildman–Crippen MR) is 63.5 cm³/mol. The van der Waals surface area contributed by atoms with Gasteiger partial charge in [0, 0.05) is 17.1 Å². The van der Waals surface area contributed by atoms with Crippen LogP contribution in [0.1, 0.15) is 11.6 Å². The van der Waals surface area contributed by atoms with Crippen molar-refractivity contribution in [3.8, 4) is 11.5 Å². The summed E-state index contributed by atoms with van der Waals surface area (Å²) in [6, 6.07) is 3.54. The molecule has 84 valence electrons. The molecule has 0 saturated heterocycles. The molecule has 0 unspecified atom stereocenters. The van der Waals surface area contributed by atoms with Crippen LogP contribution in [0, 0.1) is 0 Å². The van der Waals surface area contributed by atoms with Gasteiger partial charge in [0.15, 0.2) is 11.5 Å². The normalized spacial score (nSPS) is 14.6. The Labute approximate surface area is 102 Å². The molecule has 2 rings (SSSR count). The topological polar surface area (TPSA) is 70.5 Å². The van der Waals surface area contributed by atoms with Crippen LogP contribution in [0.2, 0.25) is 0 Å². The molecular formula is C9H12BrClN2O2. The third kappa shape index (κ3) is 2.36.